The Morgan fingerprint density at radius 3 is 2.91 bits per heavy atom. The van der Waals surface area contributed by atoms with E-state index in [0.717, 1.165) is 25.0 Å². The van der Waals surface area contributed by atoms with E-state index in [1.807, 2.05) is 11.8 Å². The zero-order chi connectivity index (χ0) is 16.2. The molecular weight excluding hydrogens is 302 g/mol. The molecule has 0 aromatic carbocycles. The summed E-state index contributed by atoms with van der Waals surface area (Å²) in [6.07, 6.45) is 3.99. The van der Waals surface area contributed by atoms with E-state index in [2.05, 4.69) is 16.0 Å². The molecule has 2 saturated heterocycles. The molecule has 0 unspecified atom stereocenters. The fourth-order valence-corrected chi connectivity index (χ4v) is 4.41. The molecule has 0 saturated carbocycles. The number of unbranched alkanes of at least 4 members (excludes halogenated alkanes) is 1. The first-order valence-corrected chi connectivity index (χ1v) is 9.08. The number of hydrogen-bond acceptors (Lipinski definition) is 4. The van der Waals surface area contributed by atoms with Crippen LogP contribution in [0.4, 0.5) is 4.79 Å². The Balaban J connectivity index is 1.54. The standard InChI is InChI=1S/C15H27N3O3S/c1-15(2,21)7-8-16-12(19)6-4-3-5-11-13-10(9-22-11)17-14(20)18-13/h10-11,13,21H,3-9H2,1-2H3,(H,16,19)(H2,17,18,20)/t10-,11-,13-/m0/s1. The van der Waals surface area contributed by atoms with Gasteiger partial charge in [0.15, 0.2) is 0 Å². The van der Waals surface area contributed by atoms with Crippen molar-refractivity contribution in [3.05, 3.63) is 0 Å². The normalized spacial score (nSPS) is 27.2. The summed E-state index contributed by atoms with van der Waals surface area (Å²) in [5.74, 6) is 1.03. The Labute approximate surface area is 136 Å². The molecule has 4 N–H and O–H groups in total. The van der Waals surface area contributed by atoms with E-state index in [1.165, 1.54) is 0 Å². The van der Waals surface area contributed by atoms with Crippen LogP contribution < -0.4 is 16.0 Å². The van der Waals surface area contributed by atoms with Gasteiger partial charge in [0.1, 0.15) is 0 Å². The second-order valence-electron chi connectivity index (χ2n) is 6.78. The lowest BCUT2D eigenvalue weighted by Gasteiger charge is -2.17. The smallest absolute Gasteiger partial charge is 0.315 e. The number of nitrogens with one attached hydrogen (secondary N) is 3. The number of carbonyl (C=O) groups is 2. The topological polar surface area (TPSA) is 90.5 Å². The molecule has 0 aromatic rings. The van der Waals surface area contributed by atoms with Gasteiger partial charge in [-0.05, 0) is 33.1 Å². The average Bonchev–Trinajstić information content (AvgIpc) is 2.93. The van der Waals surface area contributed by atoms with Gasteiger partial charge in [0, 0.05) is 24.0 Å². The van der Waals surface area contributed by atoms with Crippen molar-refractivity contribution in [2.24, 2.45) is 0 Å². The maximum Gasteiger partial charge on any atom is 0.315 e. The van der Waals surface area contributed by atoms with Gasteiger partial charge in [-0.15, -0.1) is 0 Å². The van der Waals surface area contributed by atoms with E-state index < -0.39 is 5.60 Å². The van der Waals surface area contributed by atoms with Crippen LogP contribution in [0.5, 0.6) is 0 Å². The Bertz CT molecular complexity index is 411. The van der Waals surface area contributed by atoms with Gasteiger partial charge in [-0.2, -0.15) is 11.8 Å². The largest absolute Gasteiger partial charge is 0.390 e. The molecule has 2 aliphatic rings. The van der Waals surface area contributed by atoms with E-state index in [0.29, 0.717) is 24.6 Å². The SMILES string of the molecule is CC(C)(O)CCNC(=O)CCCC[C@@H]1SC[C@@H]2NC(=O)N[C@@H]21. The summed E-state index contributed by atoms with van der Waals surface area (Å²) in [5.41, 5.74) is -0.733. The second-order valence-corrected chi connectivity index (χ2v) is 8.05. The minimum atomic E-state index is -0.733. The van der Waals surface area contributed by atoms with E-state index in [-0.39, 0.29) is 24.0 Å². The number of aliphatic hydroxyl groups is 1. The molecule has 0 spiro atoms. The summed E-state index contributed by atoms with van der Waals surface area (Å²) in [4.78, 5) is 23.0. The molecular formula is C15H27N3O3S. The summed E-state index contributed by atoms with van der Waals surface area (Å²) in [7, 11) is 0. The molecule has 22 heavy (non-hydrogen) atoms. The molecule has 0 bridgehead atoms. The van der Waals surface area contributed by atoms with Crippen molar-refractivity contribution >= 4 is 23.7 Å². The fourth-order valence-electron chi connectivity index (χ4n) is 2.87. The minimum Gasteiger partial charge on any atom is -0.390 e. The molecule has 6 nitrogen and oxygen atoms in total. The van der Waals surface area contributed by atoms with Gasteiger partial charge < -0.3 is 21.1 Å². The van der Waals surface area contributed by atoms with Crippen molar-refractivity contribution in [2.45, 2.75) is 68.9 Å². The Hall–Kier alpha value is -0.950. The third kappa shape index (κ3) is 5.35. The maximum atomic E-state index is 11.7. The van der Waals surface area contributed by atoms with Crippen LogP contribution >= 0.6 is 11.8 Å². The number of hydrogen-bond donors (Lipinski definition) is 4. The van der Waals surface area contributed by atoms with Gasteiger partial charge in [-0.1, -0.05) is 6.42 Å². The van der Waals surface area contributed by atoms with Crippen molar-refractivity contribution in [2.75, 3.05) is 12.3 Å². The first-order chi connectivity index (χ1) is 10.3. The highest BCUT2D eigenvalue weighted by Crippen LogP contribution is 2.33. The molecule has 0 aliphatic carbocycles. The van der Waals surface area contributed by atoms with Crippen molar-refractivity contribution in [3.63, 3.8) is 0 Å². The van der Waals surface area contributed by atoms with Crippen LogP contribution in [0.3, 0.4) is 0 Å². The maximum absolute atomic E-state index is 11.7. The quantitative estimate of drug-likeness (QED) is 0.395. The molecule has 7 heteroatoms. The Kier molecular flexibility index (Phi) is 5.97. The van der Waals surface area contributed by atoms with Crippen molar-refractivity contribution < 1.29 is 14.7 Å². The summed E-state index contributed by atoms with van der Waals surface area (Å²) in [6.45, 7) is 3.99. The predicted molar refractivity (Wildman–Crippen MR) is 87.9 cm³/mol. The van der Waals surface area contributed by atoms with Crippen LogP contribution in [0.2, 0.25) is 0 Å². The van der Waals surface area contributed by atoms with Gasteiger partial charge in [0.2, 0.25) is 5.91 Å². The van der Waals surface area contributed by atoms with Crippen LogP contribution in [0.1, 0.15) is 46.0 Å². The number of urea groups is 1. The molecule has 0 radical (unpaired) electrons. The predicted octanol–water partition coefficient (Wildman–Crippen LogP) is 0.989. The highest BCUT2D eigenvalue weighted by atomic mass is 32.2. The lowest BCUT2D eigenvalue weighted by molar-refractivity contribution is -0.121. The van der Waals surface area contributed by atoms with Gasteiger partial charge in [-0.25, -0.2) is 4.79 Å². The number of carbonyl (C=O) groups excluding carboxylic acids is 2. The Morgan fingerprint density at radius 1 is 1.41 bits per heavy atom. The van der Waals surface area contributed by atoms with Gasteiger partial charge in [0.25, 0.3) is 0 Å². The van der Waals surface area contributed by atoms with Gasteiger partial charge >= 0.3 is 6.03 Å². The Morgan fingerprint density at radius 2 is 2.18 bits per heavy atom. The zero-order valence-electron chi connectivity index (χ0n) is 13.4. The summed E-state index contributed by atoms with van der Waals surface area (Å²) >= 11 is 1.91. The van der Waals surface area contributed by atoms with E-state index in [9.17, 15) is 14.7 Å². The van der Waals surface area contributed by atoms with Gasteiger partial charge in [-0.3, -0.25) is 4.79 Å². The number of fused-ring (bicyclic) bond motifs is 1. The molecule has 2 rings (SSSR count). The minimum absolute atomic E-state index is 0.0496. The molecule has 126 valence electrons. The van der Waals surface area contributed by atoms with E-state index in [4.69, 9.17) is 0 Å². The molecule has 3 amide bonds. The number of rotatable bonds is 8. The third-order valence-corrected chi connectivity index (χ3v) is 5.65. The summed E-state index contributed by atoms with van der Waals surface area (Å²) < 4.78 is 0. The van der Waals surface area contributed by atoms with Crippen molar-refractivity contribution in [1.29, 1.82) is 0 Å². The first kappa shape index (κ1) is 17.4. The van der Waals surface area contributed by atoms with Crippen molar-refractivity contribution in [3.8, 4) is 0 Å². The lowest BCUT2D eigenvalue weighted by atomic mass is 10.0. The van der Waals surface area contributed by atoms with Gasteiger partial charge in [0.05, 0.1) is 17.7 Å². The van der Waals surface area contributed by atoms with E-state index >= 15 is 0 Å². The molecule has 0 aromatic heterocycles. The first-order valence-electron chi connectivity index (χ1n) is 8.03. The highest BCUT2D eigenvalue weighted by Gasteiger charge is 2.42. The van der Waals surface area contributed by atoms with Crippen LogP contribution in [0, 0.1) is 0 Å². The molecule has 3 atom stereocenters. The summed E-state index contributed by atoms with van der Waals surface area (Å²) in [6, 6.07) is 0.470. The van der Waals surface area contributed by atoms with Crippen LogP contribution in [-0.4, -0.2) is 52.3 Å². The number of thioether (sulfide) groups is 1. The van der Waals surface area contributed by atoms with Crippen LogP contribution in [0.25, 0.3) is 0 Å². The average molecular weight is 329 g/mol. The number of amides is 3. The third-order valence-electron chi connectivity index (χ3n) is 4.14. The fraction of sp³-hybridized carbons (Fsp3) is 0.867. The second kappa shape index (κ2) is 7.55. The summed E-state index contributed by atoms with van der Waals surface area (Å²) in [5, 5.41) is 18.8. The zero-order valence-corrected chi connectivity index (χ0v) is 14.2. The molecule has 2 aliphatic heterocycles. The van der Waals surface area contributed by atoms with E-state index in [1.54, 1.807) is 13.8 Å². The van der Waals surface area contributed by atoms with Crippen LogP contribution in [0.15, 0.2) is 0 Å². The highest BCUT2D eigenvalue weighted by molar-refractivity contribution is 8.00. The monoisotopic (exact) mass is 329 g/mol. The lowest BCUT2D eigenvalue weighted by Crippen LogP contribution is -2.36. The van der Waals surface area contributed by atoms with Crippen LogP contribution in [-0.2, 0) is 4.79 Å². The molecule has 2 heterocycles. The van der Waals surface area contributed by atoms with Crippen molar-refractivity contribution in [1.82, 2.24) is 16.0 Å². The molecule has 2 fully saturated rings.